The highest BCUT2D eigenvalue weighted by atomic mass is 19.4. The van der Waals surface area contributed by atoms with Gasteiger partial charge in [-0.2, -0.15) is 35.1 Å². The van der Waals surface area contributed by atoms with Crippen molar-refractivity contribution in [3.8, 4) is 0 Å². The summed E-state index contributed by atoms with van der Waals surface area (Å²) in [5, 5.41) is 16.1. The molecule has 0 aliphatic carbocycles. The lowest BCUT2D eigenvalue weighted by Gasteiger charge is -2.22. The van der Waals surface area contributed by atoms with Gasteiger partial charge in [0.25, 0.3) is 6.17 Å². The Morgan fingerprint density at radius 3 is 1.32 bits per heavy atom. The van der Waals surface area contributed by atoms with E-state index in [1.165, 1.54) is 0 Å². The summed E-state index contributed by atoms with van der Waals surface area (Å²) in [4.78, 5) is 30.4. The van der Waals surface area contributed by atoms with Crippen molar-refractivity contribution < 1.29 is 68.8 Å². The zero-order valence-corrected chi connectivity index (χ0v) is 18.3. The molecular formula is C19H23F9O6. The Morgan fingerprint density at radius 2 is 1.18 bits per heavy atom. The number of alkyl halides is 9. The molecule has 34 heavy (non-hydrogen) atoms. The summed E-state index contributed by atoms with van der Waals surface area (Å²) in [5.74, 6) is -9.08. The molecule has 0 aromatic carbocycles. The van der Waals surface area contributed by atoms with E-state index in [1.54, 1.807) is 0 Å². The fourth-order valence-electron chi connectivity index (χ4n) is 1.04. The fraction of sp³-hybridized carbons (Fsp3) is 0.526. The van der Waals surface area contributed by atoms with Crippen LogP contribution in [0.5, 0.6) is 0 Å². The number of esters is 1. The lowest BCUT2D eigenvalue weighted by atomic mass is 9.88. The first-order chi connectivity index (χ1) is 14.7. The summed E-state index contributed by atoms with van der Waals surface area (Å²) in [6, 6.07) is 0. The average Bonchev–Trinajstić information content (AvgIpc) is 2.62. The quantitative estimate of drug-likeness (QED) is 0.274. The van der Waals surface area contributed by atoms with Crippen LogP contribution in [0.15, 0.2) is 36.5 Å². The van der Waals surface area contributed by atoms with Crippen LogP contribution in [-0.4, -0.2) is 59.2 Å². The lowest BCUT2D eigenvalue weighted by Crippen LogP contribution is -2.45. The normalized spacial score (nSPS) is 12.6. The Hall–Kier alpha value is -3.00. The molecule has 2 N–H and O–H groups in total. The van der Waals surface area contributed by atoms with Crippen molar-refractivity contribution in [3.63, 3.8) is 0 Å². The van der Waals surface area contributed by atoms with Crippen molar-refractivity contribution in [1.82, 2.24) is 0 Å². The number of ether oxygens (including phenoxy) is 1. The molecule has 15 heteroatoms. The van der Waals surface area contributed by atoms with Gasteiger partial charge in [-0.15, -0.1) is 0 Å². The van der Waals surface area contributed by atoms with Gasteiger partial charge in [0.05, 0.1) is 0 Å². The Morgan fingerprint density at radius 1 is 0.824 bits per heavy atom. The maximum absolute atomic E-state index is 12.5. The number of carboxylic acids is 2. The third kappa shape index (κ3) is 14.9. The average molecular weight is 518 g/mol. The number of carboxylic acid groups (broad SMARTS) is 2. The van der Waals surface area contributed by atoms with Crippen LogP contribution in [0, 0.1) is 5.41 Å². The van der Waals surface area contributed by atoms with Crippen LogP contribution in [0.3, 0.4) is 0 Å². The highest BCUT2D eigenvalue weighted by molar-refractivity contribution is 5.87. The molecule has 0 heterocycles. The SMILES string of the molecule is C=C(C(=O)O)C(C)(C)C.C=C(C(=O)O)C(F)(F)F.C=C(C)C(=O)OCC(F)(F)C(F)C(F)(F)F. The number of hydrogen-bond acceptors (Lipinski definition) is 4. The van der Waals surface area contributed by atoms with Gasteiger partial charge in [0, 0.05) is 11.1 Å². The van der Waals surface area contributed by atoms with E-state index in [0.717, 1.165) is 6.92 Å². The summed E-state index contributed by atoms with van der Waals surface area (Å²) in [6.45, 7) is 13.3. The molecule has 0 bridgehead atoms. The van der Waals surface area contributed by atoms with Gasteiger partial charge in [-0.1, -0.05) is 40.5 Å². The molecule has 198 valence electrons. The Balaban J connectivity index is -0.000000457. The zero-order valence-electron chi connectivity index (χ0n) is 18.3. The predicted octanol–water partition coefficient (Wildman–Crippen LogP) is 5.50. The second-order valence-corrected chi connectivity index (χ2v) is 7.34. The first-order valence-electron chi connectivity index (χ1n) is 8.52. The number of rotatable bonds is 6. The molecule has 0 saturated heterocycles. The maximum Gasteiger partial charge on any atom is 0.425 e. The van der Waals surface area contributed by atoms with Crippen molar-refractivity contribution in [2.45, 2.75) is 52.1 Å². The minimum atomic E-state index is -5.71. The predicted molar refractivity (Wildman–Crippen MR) is 101 cm³/mol. The van der Waals surface area contributed by atoms with Crippen LogP contribution in [-0.2, 0) is 19.1 Å². The van der Waals surface area contributed by atoms with E-state index >= 15 is 0 Å². The van der Waals surface area contributed by atoms with Crippen molar-refractivity contribution in [2.24, 2.45) is 5.41 Å². The molecule has 1 unspecified atom stereocenters. The number of hydrogen-bond donors (Lipinski definition) is 2. The van der Waals surface area contributed by atoms with Gasteiger partial charge < -0.3 is 14.9 Å². The second kappa shape index (κ2) is 13.0. The highest BCUT2D eigenvalue weighted by Crippen LogP contribution is 2.35. The summed E-state index contributed by atoms with van der Waals surface area (Å²) in [6.07, 6.45) is -14.9. The molecule has 0 rings (SSSR count). The minimum absolute atomic E-state index is 0.252. The third-order valence-electron chi connectivity index (χ3n) is 3.17. The number of carbonyl (C=O) groups is 3. The molecule has 0 aliphatic rings. The van der Waals surface area contributed by atoms with E-state index in [-0.39, 0.29) is 16.6 Å². The van der Waals surface area contributed by atoms with Gasteiger partial charge in [0.15, 0.2) is 6.61 Å². The van der Waals surface area contributed by atoms with Crippen LogP contribution in [0.2, 0.25) is 0 Å². The molecule has 0 spiro atoms. The number of aliphatic carboxylic acids is 2. The summed E-state index contributed by atoms with van der Waals surface area (Å²) >= 11 is 0. The van der Waals surface area contributed by atoms with Gasteiger partial charge in [-0.3, -0.25) is 0 Å². The molecule has 0 aliphatic heterocycles. The molecule has 0 saturated carbocycles. The van der Waals surface area contributed by atoms with E-state index < -0.39 is 54.5 Å². The molecule has 0 amide bonds. The molecule has 0 aromatic heterocycles. The lowest BCUT2D eigenvalue weighted by molar-refractivity contribution is -0.253. The first-order valence-corrected chi connectivity index (χ1v) is 8.52. The highest BCUT2D eigenvalue weighted by Gasteiger charge is 2.57. The van der Waals surface area contributed by atoms with Crippen molar-refractivity contribution in [3.05, 3.63) is 36.5 Å². The smallest absolute Gasteiger partial charge is 0.425 e. The summed E-state index contributed by atoms with van der Waals surface area (Å²) < 4.78 is 110. The monoisotopic (exact) mass is 518 g/mol. The second-order valence-electron chi connectivity index (χ2n) is 7.34. The molecule has 0 fully saturated rings. The first kappa shape index (κ1) is 35.6. The van der Waals surface area contributed by atoms with Crippen LogP contribution in [0.4, 0.5) is 39.5 Å². The largest absolute Gasteiger partial charge is 0.478 e. The zero-order chi connectivity index (χ0) is 28.5. The standard InChI is InChI=1S/C8H8F6O2.C7H12O2.C4H3F3O2/c1-4(2)5(15)16-3-7(10,11)6(9)8(12,13)14;1-5(6(8)9)7(2,3)4;1-2(3(8)9)4(5,6)7/h6H,1,3H2,2H3;1H2,2-4H3,(H,8,9);1H2,(H,8,9). The third-order valence-corrected chi connectivity index (χ3v) is 3.17. The summed E-state index contributed by atoms with van der Waals surface area (Å²) in [5.41, 5.74) is -2.09. The minimum Gasteiger partial charge on any atom is -0.478 e. The van der Waals surface area contributed by atoms with Crippen LogP contribution < -0.4 is 0 Å². The molecule has 0 aromatic rings. The van der Waals surface area contributed by atoms with E-state index in [4.69, 9.17) is 10.2 Å². The molecule has 1 atom stereocenters. The Bertz CT molecular complexity index is 739. The number of carbonyl (C=O) groups excluding carboxylic acids is 1. The van der Waals surface area contributed by atoms with Gasteiger partial charge >= 0.3 is 36.2 Å². The van der Waals surface area contributed by atoms with E-state index in [1.807, 2.05) is 20.8 Å². The fourth-order valence-corrected chi connectivity index (χ4v) is 1.04. The topological polar surface area (TPSA) is 101 Å². The van der Waals surface area contributed by atoms with Gasteiger partial charge in [0.2, 0.25) is 0 Å². The number of halogens is 9. The van der Waals surface area contributed by atoms with E-state index in [2.05, 4.69) is 24.5 Å². The van der Waals surface area contributed by atoms with Gasteiger partial charge in [0.1, 0.15) is 5.57 Å². The molecule has 0 radical (unpaired) electrons. The maximum atomic E-state index is 12.5. The van der Waals surface area contributed by atoms with Crippen LogP contribution in [0.25, 0.3) is 0 Å². The van der Waals surface area contributed by atoms with Crippen LogP contribution in [0.1, 0.15) is 27.7 Å². The molecular weight excluding hydrogens is 495 g/mol. The van der Waals surface area contributed by atoms with Crippen molar-refractivity contribution >= 4 is 17.9 Å². The summed E-state index contributed by atoms with van der Waals surface area (Å²) in [7, 11) is 0. The van der Waals surface area contributed by atoms with Gasteiger partial charge in [-0.05, 0) is 12.3 Å². The van der Waals surface area contributed by atoms with E-state index in [0.29, 0.717) is 0 Å². The molecule has 6 nitrogen and oxygen atoms in total. The van der Waals surface area contributed by atoms with Crippen molar-refractivity contribution in [1.29, 1.82) is 0 Å². The van der Waals surface area contributed by atoms with E-state index in [9.17, 15) is 53.9 Å². The van der Waals surface area contributed by atoms with Crippen molar-refractivity contribution in [2.75, 3.05) is 6.61 Å². The van der Waals surface area contributed by atoms with Gasteiger partial charge in [-0.25, -0.2) is 18.8 Å². The Labute approximate surface area is 188 Å². The Kier molecular flexibility index (Phi) is 13.6. The van der Waals surface area contributed by atoms with Crippen LogP contribution >= 0.6 is 0 Å².